The van der Waals surface area contributed by atoms with Crippen LogP contribution in [-0.2, 0) is 45.1 Å². The molecule has 4 rings (SSSR count). The monoisotopic (exact) mass is 794 g/mol. The van der Waals surface area contributed by atoms with Gasteiger partial charge in [0, 0.05) is 12.8 Å². The fourth-order valence-electron chi connectivity index (χ4n) is 6.56. The van der Waals surface area contributed by atoms with Crippen molar-refractivity contribution in [1.82, 2.24) is 21.3 Å². The van der Waals surface area contributed by atoms with E-state index in [-0.39, 0.29) is 50.7 Å². The topological polar surface area (TPSA) is 175 Å². The smallest absolute Gasteiger partial charge is 0.408 e. The average Bonchev–Trinajstić information content (AvgIpc) is 3.21. The maximum absolute atomic E-state index is 14.0. The Morgan fingerprint density at radius 3 is 1.05 bits per heavy atom. The second-order valence-electron chi connectivity index (χ2n) is 15.4. The summed E-state index contributed by atoms with van der Waals surface area (Å²) in [5.41, 5.74) is 3.14. The van der Waals surface area contributed by atoms with E-state index < -0.39 is 60.4 Å². The molecular formula is C46H58N4O8. The Morgan fingerprint density at radius 2 is 0.759 bits per heavy atom. The quantitative estimate of drug-likeness (QED) is 0.0610. The predicted octanol–water partition coefficient (Wildman–Crippen LogP) is 5.85. The van der Waals surface area contributed by atoms with E-state index in [2.05, 4.69) is 21.3 Å². The van der Waals surface area contributed by atoms with Gasteiger partial charge in [0.1, 0.15) is 37.5 Å². The third-order valence-electron chi connectivity index (χ3n) is 9.49. The molecule has 4 aromatic carbocycles. The van der Waals surface area contributed by atoms with Crippen LogP contribution in [0.5, 0.6) is 0 Å². The van der Waals surface area contributed by atoms with Crippen molar-refractivity contribution in [3.05, 3.63) is 144 Å². The molecule has 0 spiro atoms. The molecule has 0 aliphatic carbocycles. The van der Waals surface area contributed by atoms with Gasteiger partial charge in [-0.3, -0.25) is 9.59 Å². The van der Waals surface area contributed by atoms with Crippen molar-refractivity contribution in [2.45, 2.75) is 103 Å². The Bertz CT molecular complexity index is 1690. The van der Waals surface area contributed by atoms with E-state index in [1.807, 2.05) is 149 Å². The SMILES string of the molecule is CC(C)C[C@H](NC(=O)[C@H](Cc1ccccc1)NC(=O)OCc1ccccc1)[C@@H](O)[C@H](O)[C@H](CC(C)C)NC(=O)[C@H](Cc1ccccc1)NC(=O)OCc1ccccc1. The van der Waals surface area contributed by atoms with Gasteiger partial charge in [-0.2, -0.15) is 0 Å². The van der Waals surface area contributed by atoms with Crippen LogP contribution in [-0.4, -0.2) is 70.6 Å². The van der Waals surface area contributed by atoms with E-state index in [1.165, 1.54) is 0 Å². The van der Waals surface area contributed by atoms with E-state index in [9.17, 15) is 29.4 Å². The molecule has 4 amide bonds. The molecule has 58 heavy (non-hydrogen) atoms. The highest BCUT2D eigenvalue weighted by Crippen LogP contribution is 2.19. The lowest BCUT2D eigenvalue weighted by Crippen LogP contribution is -2.60. The summed E-state index contributed by atoms with van der Waals surface area (Å²) in [4.78, 5) is 54.0. The Labute approximate surface area is 341 Å². The Hall–Kier alpha value is -5.72. The van der Waals surface area contributed by atoms with Crippen LogP contribution >= 0.6 is 0 Å². The molecule has 0 aliphatic rings. The van der Waals surface area contributed by atoms with Crippen molar-refractivity contribution >= 4 is 24.0 Å². The van der Waals surface area contributed by atoms with Crippen LogP contribution in [0.1, 0.15) is 62.8 Å². The maximum atomic E-state index is 14.0. The number of carbonyl (C=O) groups is 4. The molecule has 0 aromatic heterocycles. The lowest BCUT2D eigenvalue weighted by atomic mass is 9.89. The number of benzene rings is 4. The summed E-state index contributed by atoms with van der Waals surface area (Å²) in [6.07, 6.45) is -3.83. The highest BCUT2D eigenvalue weighted by Gasteiger charge is 2.37. The number of rotatable bonds is 21. The number of carbonyl (C=O) groups excluding carboxylic acids is 4. The molecule has 4 aromatic rings. The number of ether oxygens (including phenoxy) is 2. The van der Waals surface area contributed by atoms with Gasteiger partial charge in [-0.05, 0) is 46.9 Å². The zero-order valence-corrected chi connectivity index (χ0v) is 33.8. The van der Waals surface area contributed by atoms with Gasteiger partial charge in [0.05, 0.1) is 12.1 Å². The number of aliphatic hydroxyl groups excluding tert-OH is 2. The molecule has 0 unspecified atom stereocenters. The molecule has 0 saturated carbocycles. The lowest BCUT2D eigenvalue weighted by Gasteiger charge is -2.35. The van der Waals surface area contributed by atoms with Crippen LogP contribution < -0.4 is 21.3 Å². The molecule has 0 bridgehead atoms. The lowest BCUT2D eigenvalue weighted by molar-refractivity contribution is -0.128. The summed E-state index contributed by atoms with van der Waals surface area (Å²) in [7, 11) is 0. The van der Waals surface area contributed by atoms with Gasteiger partial charge in [0.25, 0.3) is 0 Å². The fraction of sp³-hybridized carbons (Fsp3) is 0.391. The van der Waals surface area contributed by atoms with Crippen LogP contribution in [0.15, 0.2) is 121 Å². The zero-order valence-electron chi connectivity index (χ0n) is 33.8. The van der Waals surface area contributed by atoms with Crippen molar-refractivity contribution in [2.75, 3.05) is 0 Å². The van der Waals surface area contributed by atoms with Crippen molar-refractivity contribution in [1.29, 1.82) is 0 Å². The number of amides is 4. The summed E-state index contributed by atoms with van der Waals surface area (Å²) in [5.74, 6) is -1.21. The number of aliphatic hydroxyl groups is 2. The molecule has 310 valence electrons. The second kappa shape index (κ2) is 23.5. The number of nitrogens with one attached hydrogen (secondary N) is 4. The third kappa shape index (κ3) is 15.7. The van der Waals surface area contributed by atoms with Crippen LogP contribution in [0.4, 0.5) is 9.59 Å². The Morgan fingerprint density at radius 1 is 0.466 bits per heavy atom. The minimum Gasteiger partial charge on any atom is -0.445 e. The third-order valence-corrected chi connectivity index (χ3v) is 9.49. The molecule has 6 N–H and O–H groups in total. The van der Waals surface area contributed by atoms with Gasteiger partial charge in [-0.1, -0.05) is 149 Å². The van der Waals surface area contributed by atoms with E-state index in [0.29, 0.717) is 0 Å². The van der Waals surface area contributed by atoms with Gasteiger partial charge in [0.15, 0.2) is 0 Å². The maximum Gasteiger partial charge on any atom is 0.408 e. The van der Waals surface area contributed by atoms with E-state index >= 15 is 0 Å². The first-order valence-corrected chi connectivity index (χ1v) is 19.9. The number of hydrogen-bond acceptors (Lipinski definition) is 8. The molecule has 0 aliphatic heterocycles. The van der Waals surface area contributed by atoms with E-state index in [4.69, 9.17) is 9.47 Å². The van der Waals surface area contributed by atoms with Crippen molar-refractivity contribution in [3.63, 3.8) is 0 Å². The van der Waals surface area contributed by atoms with Gasteiger partial charge < -0.3 is 41.0 Å². The zero-order chi connectivity index (χ0) is 41.9. The highest BCUT2D eigenvalue weighted by molar-refractivity contribution is 5.87. The van der Waals surface area contributed by atoms with Crippen molar-refractivity contribution in [3.8, 4) is 0 Å². The summed E-state index contributed by atoms with van der Waals surface area (Å²) in [6.45, 7) is 7.69. The van der Waals surface area contributed by atoms with Gasteiger partial charge >= 0.3 is 12.2 Å². The molecule has 0 saturated heterocycles. The van der Waals surface area contributed by atoms with Crippen molar-refractivity contribution in [2.24, 2.45) is 11.8 Å². The van der Waals surface area contributed by atoms with Crippen LogP contribution in [0.3, 0.4) is 0 Å². The second-order valence-corrected chi connectivity index (χ2v) is 15.4. The average molecular weight is 795 g/mol. The molecule has 12 heteroatoms. The molecule has 0 radical (unpaired) electrons. The van der Waals surface area contributed by atoms with E-state index in [0.717, 1.165) is 22.3 Å². The highest BCUT2D eigenvalue weighted by atomic mass is 16.6. The first-order valence-electron chi connectivity index (χ1n) is 19.9. The summed E-state index contributed by atoms with van der Waals surface area (Å²) < 4.78 is 10.9. The largest absolute Gasteiger partial charge is 0.445 e. The fourth-order valence-corrected chi connectivity index (χ4v) is 6.56. The molecule has 0 fully saturated rings. The van der Waals surface area contributed by atoms with Crippen molar-refractivity contribution < 1.29 is 38.9 Å². The summed E-state index contributed by atoms with van der Waals surface area (Å²) in [5, 5.41) is 34.8. The van der Waals surface area contributed by atoms with Crippen LogP contribution in [0.25, 0.3) is 0 Å². The Kier molecular flexibility index (Phi) is 18.2. The van der Waals surface area contributed by atoms with Crippen LogP contribution in [0, 0.1) is 11.8 Å². The van der Waals surface area contributed by atoms with Gasteiger partial charge in [-0.15, -0.1) is 0 Å². The first kappa shape index (κ1) is 45.0. The first-order chi connectivity index (χ1) is 27.9. The van der Waals surface area contributed by atoms with E-state index in [1.54, 1.807) is 0 Å². The number of alkyl carbamates (subject to hydrolysis) is 2. The molecular weight excluding hydrogens is 737 g/mol. The minimum absolute atomic E-state index is 0.00673. The summed E-state index contributed by atoms with van der Waals surface area (Å²) in [6, 6.07) is 32.6. The molecule has 6 atom stereocenters. The standard InChI is InChI=1S/C46H58N4O8/c1-31(2)25-37(47-43(53)39(27-33-17-9-5-10-18-33)49-45(55)57-29-35-21-13-7-14-22-35)41(51)42(52)38(26-32(3)4)48-44(54)40(28-34-19-11-6-12-20-34)50-46(56)58-30-36-23-15-8-16-24-36/h5-24,31-32,37-42,51-52H,25-30H2,1-4H3,(H,47,53)(H,48,54)(H,49,55)(H,50,56)/t37-,38-,39-,40-,41+,42+/m0/s1. The predicted molar refractivity (Wildman–Crippen MR) is 222 cm³/mol. The molecule has 0 heterocycles. The minimum atomic E-state index is -1.53. The van der Waals surface area contributed by atoms with Gasteiger partial charge in [0.2, 0.25) is 11.8 Å². The Balaban J connectivity index is 1.50. The summed E-state index contributed by atoms with van der Waals surface area (Å²) >= 11 is 0. The normalized spacial score (nSPS) is 14.3. The molecule has 12 nitrogen and oxygen atoms in total. The number of hydrogen-bond donors (Lipinski definition) is 6. The van der Waals surface area contributed by atoms with Crippen LogP contribution in [0.2, 0.25) is 0 Å². The van der Waals surface area contributed by atoms with Gasteiger partial charge in [-0.25, -0.2) is 9.59 Å².